The van der Waals surface area contributed by atoms with Crippen LogP contribution in [0.5, 0.6) is 0 Å². The molecule has 10 nitrogen and oxygen atoms in total. The summed E-state index contributed by atoms with van der Waals surface area (Å²) in [6.07, 6.45) is 2.09. The van der Waals surface area contributed by atoms with E-state index in [0.717, 1.165) is 37.4 Å². The summed E-state index contributed by atoms with van der Waals surface area (Å²) in [4.78, 5) is 43.0. The van der Waals surface area contributed by atoms with Gasteiger partial charge in [-0.1, -0.05) is 40.2 Å². The molecular weight excluding hydrogens is 536 g/mol. The molecule has 2 aromatic carbocycles. The van der Waals surface area contributed by atoms with E-state index in [1.165, 1.54) is 4.90 Å². The van der Waals surface area contributed by atoms with Crippen LogP contribution in [0.3, 0.4) is 0 Å². The van der Waals surface area contributed by atoms with Gasteiger partial charge in [-0.15, -0.1) is 0 Å². The lowest BCUT2D eigenvalue weighted by atomic mass is 9.58. The van der Waals surface area contributed by atoms with Crippen molar-refractivity contribution < 1.29 is 9.59 Å². The molecule has 0 radical (unpaired) electrons. The highest BCUT2D eigenvalue weighted by molar-refractivity contribution is 9.10. The summed E-state index contributed by atoms with van der Waals surface area (Å²) in [5.74, 6) is -1.42. The number of aromatic amines is 2. The quantitative estimate of drug-likeness (QED) is 0.244. The molecule has 2 aromatic heterocycles. The number of fused-ring (bicyclic) bond motifs is 5. The molecule has 0 bridgehead atoms. The molecule has 0 saturated carbocycles. The van der Waals surface area contributed by atoms with Crippen LogP contribution in [0.4, 0.5) is 0 Å². The molecule has 4 heterocycles. The Bertz CT molecular complexity index is 1740. The summed E-state index contributed by atoms with van der Waals surface area (Å²) >= 11 is 3.54. The van der Waals surface area contributed by atoms with E-state index < -0.39 is 17.0 Å². The summed E-state index contributed by atoms with van der Waals surface area (Å²) in [6, 6.07) is 13.6. The Hall–Kier alpha value is -4.12. The van der Waals surface area contributed by atoms with Gasteiger partial charge in [0, 0.05) is 53.0 Å². The monoisotopic (exact) mass is 558 g/mol. The highest BCUT2D eigenvalue weighted by Gasteiger charge is 2.71. The van der Waals surface area contributed by atoms with Crippen molar-refractivity contribution in [2.75, 3.05) is 14.1 Å². The number of para-hydroxylation sites is 1. The minimum Gasteiger partial charge on any atom is -0.370 e. The summed E-state index contributed by atoms with van der Waals surface area (Å²) in [7, 11) is 3.32. The van der Waals surface area contributed by atoms with Crippen molar-refractivity contribution >= 4 is 61.5 Å². The van der Waals surface area contributed by atoms with Crippen LogP contribution in [0.1, 0.15) is 22.7 Å². The number of guanidine groups is 2. The number of hydrogen-bond acceptors (Lipinski definition) is 5. The number of nitrogens with two attached hydrogens (primary N) is 1. The summed E-state index contributed by atoms with van der Waals surface area (Å²) in [6.45, 7) is 0. The van der Waals surface area contributed by atoms with Crippen LogP contribution >= 0.6 is 15.9 Å². The normalized spacial score (nSPS) is 27.2. The fourth-order valence-electron chi connectivity index (χ4n) is 6.73. The summed E-state index contributed by atoms with van der Waals surface area (Å²) in [5.41, 5.74) is 7.21. The van der Waals surface area contributed by atoms with Crippen LogP contribution in [0.2, 0.25) is 0 Å². The molecule has 11 heteroatoms. The van der Waals surface area contributed by atoms with E-state index in [1.54, 1.807) is 19.0 Å². The largest absolute Gasteiger partial charge is 0.370 e. The number of aromatic nitrogens is 2. The van der Waals surface area contributed by atoms with Gasteiger partial charge in [-0.2, -0.15) is 0 Å². The fraction of sp³-hybridized carbons (Fsp3) is 0.231. The molecule has 0 unspecified atom stereocenters. The third-order valence-corrected chi connectivity index (χ3v) is 8.77. The van der Waals surface area contributed by atoms with Crippen molar-refractivity contribution in [1.82, 2.24) is 25.1 Å². The third kappa shape index (κ3) is 2.49. The van der Waals surface area contributed by atoms with Crippen LogP contribution in [-0.4, -0.2) is 63.1 Å². The van der Waals surface area contributed by atoms with Crippen LogP contribution < -0.4 is 11.1 Å². The Kier molecular flexibility index (Phi) is 4.18. The van der Waals surface area contributed by atoms with Gasteiger partial charge in [-0.05, 0) is 29.3 Å². The number of likely N-dealkylation sites (N-methyl/N-ethyl adjacent to an activating group) is 2. The van der Waals surface area contributed by atoms with E-state index >= 15 is 0 Å². The van der Waals surface area contributed by atoms with E-state index in [-0.39, 0.29) is 30.2 Å². The molecule has 1 saturated heterocycles. The van der Waals surface area contributed by atoms with Gasteiger partial charge in [0.15, 0.2) is 17.0 Å². The maximum atomic E-state index is 14.5. The zero-order valence-corrected chi connectivity index (χ0v) is 21.6. The van der Waals surface area contributed by atoms with Crippen molar-refractivity contribution in [3.05, 3.63) is 70.0 Å². The lowest BCUT2D eigenvalue weighted by molar-refractivity contribution is -0.137. The van der Waals surface area contributed by atoms with Gasteiger partial charge in [-0.25, -0.2) is 4.99 Å². The Balaban J connectivity index is 1.67. The first kappa shape index (κ1) is 22.1. The number of carbonyl (C=O) groups excluding carboxylic acids is 2. The van der Waals surface area contributed by atoms with Gasteiger partial charge >= 0.3 is 0 Å². The van der Waals surface area contributed by atoms with Gasteiger partial charge in [0.05, 0.1) is 11.6 Å². The molecule has 3 aliphatic rings. The number of amides is 2. The minimum atomic E-state index is -1.46. The minimum absolute atomic E-state index is 0.0209. The van der Waals surface area contributed by atoms with Gasteiger partial charge in [0.25, 0.3) is 11.8 Å². The number of rotatable bonds is 1. The lowest BCUT2D eigenvalue weighted by Crippen LogP contribution is -2.63. The number of carbonyl (C=O) groups is 2. The molecular formula is C26H23BrN8O2. The number of hydrogen-bond donors (Lipinski definition) is 5. The molecule has 2 amide bonds. The first-order valence-corrected chi connectivity index (χ1v) is 12.6. The van der Waals surface area contributed by atoms with E-state index in [1.807, 2.05) is 48.7 Å². The highest BCUT2D eigenvalue weighted by atomic mass is 79.9. The Morgan fingerprint density at radius 2 is 1.92 bits per heavy atom. The van der Waals surface area contributed by atoms with Crippen molar-refractivity contribution in [3.63, 3.8) is 0 Å². The van der Waals surface area contributed by atoms with E-state index in [2.05, 4.69) is 31.2 Å². The van der Waals surface area contributed by atoms with E-state index in [9.17, 15) is 9.59 Å². The van der Waals surface area contributed by atoms with E-state index in [4.69, 9.17) is 16.1 Å². The zero-order valence-electron chi connectivity index (χ0n) is 20.0. The van der Waals surface area contributed by atoms with Gasteiger partial charge in [0.2, 0.25) is 5.96 Å². The maximum Gasteiger partial charge on any atom is 0.261 e. The number of aliphatic imine (C=N–C) groups is 1. The molecule has 37 heavy (non-hydrogen) atoms. The van der Waals surface area contributed by atoms with Crippen LogP contribution in [0.15, 0.2) is 58.1 Å². The molecule has 1 fully saturated rings. The number of halogens is 1. The number of nitrogens with zero attached hydrogens (tertiary/aromatic N) is 3. The van der Waals surface area contributed by atoms with Crippen LogP contribution in [-0.2, 0) is 21.5 Å². The number of H-pyrrole nitrogens is 2. The predicted octanol–water partition coefficient (Wildman–Crippen LogP) is 2.47. The maximum absolute atomic E-state index is 14.5. The Morgan fingerprint density at radius 3 is 2.62 bits per heavy atom. The molecule has 186 valence electrons. The molecule has 2 aliphatic heterocycles. The number of benzene rings is 2. The van der Waals surface area contributed by atoms with Crippen LogP contribution in [0.25, 0.3) is 21.8 Å². The Labute approximate surface area is 219 Å². The molecule has 6 N–H and O–H groups in total. The second-order valence-electron chi connectivity index (χ2n) is 9.96. The molecule has 2 spiro atoms. The van der Waals surface area contributed by atoms with E-state index in [0.29, 0.717) is 5.69 Å². The number of nitrogens with one attached hydrogen (secondary N) is 4. The molecule has 4 aromatic rings. The van der Waals surface area contributed by atoms with Crippen molar-refractivity contribution in [2.24, 2.45) is 10.7 Å². The predicted molar refractivity (Wildman–Crippen MR) is 143 cm³/mol. The fourth-order valence-corrected chi connectivity index (χ4v) is 7.09. The summed E-state index contributed by atoms with van der Waals surface area (Å²) < 4.78 is 0.882. The van der Waals surface area contributed by atoms with Crippen LogP contribution in [0, 0.1) is 5.41 Å². The molecule has 3 atom stereocenters. The lowest BCUT2D eigenvalue weighted by Gasteiger charge is -2.49. The second kappa shape index (κ2) is 7.00. The standard InChI is InChI=1S/C26H23BrN8O2/c1-34-22(37)26(35(2)24(34)29)19(16-11-30-17-6-4-3-5-13(16)17)25(21(36)32-23(28)33-25)10-15-14-8-7-12(27)9-18(14)31-20(15)26/h3-9,11,19,29-31H,10H2,1-2H3,(H3,28,32,33,36)/t19-,25-,26+/m0/s1. The van der Waals surface area contributed by atoms with Crippen molar-refractivity contribution in [1.29, 1.82) is 5.41 Å². The average molecular weight is 559 g/mol. The molecule has 1 aliphatic carbocycles. The second-order valence-corrected chi connectivity index (χ2v) is 10.9. The highest BCUT2D eigenvalue weighted by Crippen LogP contribution is 2.59. The molecule has 7 rings (SSSR count). The first-order chi connectivity index (χ1) is 17.7. The SMILES string of the molecule is CN1C(=N)N(C)[C@@]2(C1=O)c1[nH]c3cc(Br)ccc3c1C[C@]1(N=C(N)NC1=O)[C@@H]2c1c[nH]c2ccccc12. The first-order valence-electron chi connectivity index (χ1n) is 11.8. The summed E-state index contributed by atoms with van der Waals surface area (Å²) in [5, 5.41) is 13.3. The zero-order chi connectivity index (χ0) is 25.9. The Morgan fingerprint density at radius 1 is 1.14 bits per heavy atom. The smallest absolute Gasteiger partial charge is 0.261 e. The third-order valence-electron chi connectivity index (χ3n) is 8.27. The van der Waals surface area contributed by atoms with Crippen molar-refractivity contribution in [3.8, 4) is 0 Å². The van der Waals surface area contributed by atoms with Crippen molar-refractivity contribution in [2.45, 2.75) is 23.4 Å². The topological polar surface area (TPSA) is 146 Å². The van der Waals surface area contributed by atoms with Gasteiger partial charge in [-0.3, -0.25) is 25.2 Å². The van der Waals surface area contributed by atoms with Gasteiger partial charge < -0.3 is 20.6 Å². The van der Waals surface area contributed by atoms with Gasteiger partial charge in [0.1, 0.15) is 0 Å². The average Bonchev–Trinajstić information content (AvgIpc) is 3.57.